The number of nitrogens with zero attached hydrogens (tertiary/aromatic N) is 4. The minimum absolute atomic E-state index is 0.0415. The minimum Gasteiger partial charge on any atom is -0.368 e. The van der Waals surface area contributed by atoms with Crippen molar-refractivity contribution in [1.82, 2.24) is 19.5 Å². The van der Waals surface area contributed by atoms with Crippen molar-refractivity contribution in [2.24, 2.45) is 5.92 Å². The van der Waals surface area contributed by atoms with E-state index < -0.39 is 20.0 Å². The lowest BCUT2D eigenvalue weighted by molar-refractivity contribution is 0.101. The van der Waals surface area contributed by atoms with Crippen LogP contribution in [-0.4, -0.2) is 41.8 Å². The molecule has 1 aliphatic rings. The summed E-state index contributed by atoms with van der Waals surface area (Å²) in [5, 5.41) is 0.168. The summed E-state index contributed by atoms with van der Waals surface area (Å²) in [6.07, 6.45) is 1.08. The van der Waals surface area contributed by atoms with Crippen LogP contribution in [0.2, 0.25) is 5.15 Å². The molecule has 0 bridgehead atoms. The van der Waals surface area contributed by atoms with Gasteiger partial charge in [-0.1, -0.05) is 25.1 Å². The molecule has 2 aromatic rings. The van der Waals surface area contributed by atoms with Crippen LogP contribution in [-0.2, 0) is 9.30 Å². The number of ether oxygens (including phenoxy) is 1. The van der Waals surface area contributed by atoms with Crippen LogP contribution in [0.15, 0.2) is 18.5 Å². The first-order chi connectivity index (χ1) is 11.2. The highest BCUT2D eigenvalue weighted by atomic mass is 35.5. The number of fused-ring (bicyclic) bond motifs is 1. The number of halogens is 1. The molecule has 130 valence electrons. The van der Waals surface area contributed by atoms with E-state index in [1.807, 2.05) is 6.92 Å². The third-order valence-electron chi connectivity index (χ3n) is 4.06. The molecule has 1 aliphatic carbocycles. The van der Waals surface area contributed by atoms with Crippen molar-refractivity contribution >= 4 is 36.3 Å². The van der Waals surface area contributed by atoms with Gasteiger partial charge in [0.1, 0.15) is 11.9 Å². The molecule has 1 fully saturated rings. The van der Waals surface area contributed by atoms with Crippen LogP contribution in [0.25, 0.3) is 11.2 Å². The van der Waals surface area contributed by atoms with E-state index in [4.69, 9.17) is 31.9 Å². The van der Waals surface area contributed by atoms with Gasteiger partial charge in [0.15, 0.2) is 10.8 Å². The maximum atomic E-state index is 11.0. The van der Waals surface area contributed by atoms with Crippen molar-refractivity contribution in [1.29, 1.82) is 0 Å². The summed E-state index contributed by atoms with van der Waals surface area (Å²) in [4.78, 5) is 30.3. The lowest BCUT2D eigenvalue weighted by atomic mass is 10.0. The van der Waals surface area contributed by atoms with E-state index in [1.54, 1.807) is 10.9 Å². The Morgan fingerprint density at radius 3 is 2.92 bits per heavy atom. The van der Waals surface area contributed by atoms with Crippen molar-refractivity contribution in [3.8, 4) is 0 Å². The van der Waals surface area contributed by atoms with Gasteiger partial charge in [0, 0.05) is 0 Å². The van der Waals surface area contributed by atoms with Crippen LogP contribution in [0.4, 0.5) is 5.95 Å². The van der Waals surface area contributed by atoms with Crippen LogP contribution in [0.1, 0.15) is 19.4 Å². The van der Waals surface area contributed by atoms with Gasteiger partial charge in [-0.05, 0) is 17.9 Å². The molecule has 0 aliphatic heterocycles. The Morgan fingerprint density at radius 2 is 2.25 bits per heavy atom. The zero-order valence-corrected chi connectivity index (χ0v) is 14.5. The molecule has 24 heavy (non-hydrogen) atoms. The second-order valence-corrected chi connectivity index (χ2v) is 7.82. The molecule has 0 unspecified atom stereocenters. The average molecular weight is 374 g/mol. The third kappa shape index (κ3) is 3.18. The second kappa shape index (κ2) is 6.09. The molecule has 1 saturated carbocycles. The number of aromatic nitrogens is 4. The summed E-state index contributed by atoms with van der Waals surface area (Å²) < 4.78 is 18.2. The maximum Gasteiger partial charge on any atom is 0.351 e. The Bertz CT molecular complexity index is 850. The minimum atomic E-state index is -4.23. The summed E-state index contributed by atoms with van der Waals surface area (Å²) in [6, 6.07) is -0.192. The summed E-state index contributed by atoms with van der Waals surface area (Å²) in [6.45, 7) is 6.04. The zero-order chi connectivity index (χ0) is 17.6. The zero-order valence-electron chi connectivity index (χ0n) is 12.8. The molecule has 0 aromatic carbocycles. The van der Waals surface area contributed by atoms with Crippen LogP contribution >= 0.6 is 19.2 Å². The van der Waals surface area contributed by atoms with Gasteiger partial charge in [0.2, 0.25) is 5.95 Å². The van der Waals surface area contributed by atoms with Gasteiger partial charge in [-0.2, -0.15) is 9.97 Å². The topological polar surface area (TPSA) is 136 Å². The van der Waals surface area contributed by atoms with Gasteiger partial charge < -0.3 is 24.8 Å². The van der Waals surface area contributed by atoms with E-state index in [-0.39, 0.29) is 23.1 Å². The predicted octanol–water partition coefficient (Wildman–Crippen LogP) is 1.72. The number of anilines is 1. The maximum absolute atomic E-state index is 11.0. The van der Waals surface area contributed by atoms with E-state index >= 15 is 0 Å². The van der Waals surface area contributed by atoms with Gasteiger partial charge >= 0.3 is 7.60 Å². The summed E-state index contributed by atoms with van der Waals surface area (Å²) in [7, 11) is -4.23. The van der Waals surface area contributed by atoms with E-state index in [0.29, 0.717) is 23.2 Å². The molecular formula is C13H17ClN5O4P. The third-order valence-corrected chi connectivity index (χ3v) is 4.81. The van der Waals surface area contributed by atoms with Gasteiger partial charge in [0.05, 0.1) is 18.5 Å². The van der Waals surface area contributed by atoms with Crippen molar-refractivity contribution in [3.63, 3.8) is 0 Å². The number of rotatable bonds is 4. The molecule has 0 saturated heterocycles. The first-order valence-electron chi connectivity index (χ1n) is 7.18. The average Bonchev–Trinajstić information content (AvgIpc) is 2.97. The SMILES string of the molecule is C=C1[C@@H](n2cnc3c(Cl)nc(N)nc32)[C@@H](C)C[C@H]1OCP(=O)(O)O. The van der Waals surface area contributed by atoms with E-state index in [1.165, 1.54) is 0 Å². The Labute approximate surface area is 142 Å². The quantitative estimate of drug-likeness (QED) is 0.418. The number of imidazole rings is 1. The van der Waals surface area contributed by atoms with Crippen LogP contribution in [0.5, 0.6) is 0 Å². The fourth-order valence-corrected chi connectivity index (χ4v) is 3.68. The molecule has 11 heteroatoms. The standard InChI is InChI=1S/C13H17ClN5O4P/c1-6-3-8(23-5-24(20,21)22)7(2)10(6)19-4-16-9-11(14)17-13(15)18-12(9)19/h4,6,8,10H,2-3,5H2,1H3,(H2,15,17,18)(H2,20,21,22)/t6-,8+,10-/m0/s1. The fraction of sp³-hybridized carbons (Fsp3) is 0.462. The van der Waals surface area contributed by atoms with Crippen LogP contribution < -0.4 is 5.73 Å². The molecule has 0 amide bonds. The highest BCUT2D eigenvalue weighted by Gasteiger charge is 2.38. The lowest BCUT2D eigenvalue weighted by Gasteiger charge is -2.20. The molecule has 2 aromatic heterocycles. The smallest absolute Gasteiger partial charge is 0.351 e. The number of nitrogen functional groups attached to an aromatic ring is 1. The van der Waals surface area contributed by atoms with E-state index in [2.05, 4.69) is 21.5 Å². The molecule has 0 spiro atoms. The molecule has 3 rings (SSSR count). The number of nitrogens with two attached hydrogens (primary N) is 1. The van der Waals surface area contributed by atoms with E-state index in [9.17, 15) is 4.57 Å². The Kier molecular flexibility index (Phi) is 4.39. The van der Waals surface area contributed by atoms with Crippen LogP contribution in [0.3, 0.4) is 0 Å². The van der Waals surface area contributed by atoms with Gasteiger partial charge in [0.25, 0.3) is 0 Å². The van der Waals surface area contributed by atoms with E-state index in [0.717, 1.165) is 0 Å². The highest BCUT2D eigenvalue weighted by Crippen LogP contribution is 2.44. The number of hydrogen-bond donors (Lipinski definition) is 3. The molecule has 3 atom stereocenters. The number of hydrogen-bond acceptors (Lipinski definition) is 6. The second-order valence-electron chi connectivity index (χ2n) is 5.88. The van der Waals surface area contributed by atoms with Gasteiger partial charge in [-0.25, -0.2) is 4.98 Å². The summed E-state index contributed by atoms with van der Waals surface area (Å²) in [5.41, 5.74) is 7.28. The first-order valence-corrected chi connectivity index (χ1v) is 9.35. The first kappa shape index (κ1) is 17.3. The molecular weight excluding hydrogens is 357 g/mol. The fourth-order valence-electron chi connectivity index (χ4n) is 3.09. The van der Waals surface area contributed by atoms with Crippen LogP contribution in [0, 0.1) is 5.92 Å². The molecule has 2 heterocycles. The van der Waals surface area contributed by atoms with Gasteiger partial charge in [-0.15, -0.1) is 0 Å². The lowest BCUT2D eigenvalue weighted by Crippen LogP contribution is -2.16. The molecule has 9 nitrogen and oxygen atoms in total. The summed E-state index contributed by atoms with van der Waals surface area (Å²) in [5.74, 6) is 0.145. The van der Waals surface area contributed by atoms with Crippen molar-refractivity contribution in [2.75, 3.05) is 12.1 Å². The highest BCUT2D eigenvalue weighted by molar-refractivity contribution is 7.51. The predicted molar refractivity (Wildman–Crippen MR) is 88.5 cm³/mol. The Morgan fingerprint density at radius 1 is 1.54 bits per heavy atom. The van der Waals surface area contributed by atoms with Crippen molar-refractivity contribution in [3.05, 3.63) is 23.6 Å². The normalized spacial score (nSPS) is 24.8. The Hall–Kier alpha value is -1.51. The Balaban J connectivity index is 1.92. The monoisotopic (exact) mass is 373 g/mol. The molecule has 4 N–H and O–H groups in total. The largest absolute Gasteiger partial charge is 0.368 e. The van der Waals surface area contributed by atoms with Crippen molar-refractivity contribution in [2.45, 2.75) is 25.5 Å². The summed E-state index contributed by atoms with van der Waals surface area (Å²) >= 11 is 6.04. The van der Waals surface area contributed by atoms with Gasteiger partial charge in [-0.3, -0.25) is 4.57 Å². The van der Waals surface area contributed by atoms with Crippen molar-refractivity contribution < 1.29 is 19.1 Å². The molecule has 0 radical (unpaired) electrons.